The Morgan fingerprint density at radius 3 is 2.80 bits per heavy atom. The molecular formula is C18H25NO. The number of nitrogens with one attached hydrogen (secondary N) is 1. The zero-order chi connectivity index (χ0) is 13.9. The molecule has 1 aromatic carbocycles. The molecular weight excluding hydrogens is 246 g/mol. The van der Waals surface area contributed by atoms with Gasteiger partial charge in [-0.2, -0.15) is 0 Å². The minimum absolute atomic E-state index is 0.354. The highest BCUT2D eigenvalue weighted by Gasteiger charge is 2.32. The van der Waals surface area contributed by atoms with E-state index < -0.39 is 0 Å². The first kappa shape index (κ1) is 13.7. The topological polar surface area (TPSA) is 25.2 Å². The first-order valence-electron chi connectivity index (χ1n) is 7.99. The second-order valence-corrected chi connectivity index (χ2v) is 6.07. The maximum Gasteiger partial charge on any atom is 0.134 e. The summed E-state index contributed by atoms with van der Waals surface area (Å²) in [5.41, 5.74) is 1.01. The fraction of sp³-hybridized carbons (Fsp3) is 0.556. The van der Waals surface area contributed by atoms with E-state index in [1.165, 1.54) is 37.5 Å². The second-order valence-electron chi connectivity index (χ2n) is 6.07. The number of hydrogen-bond donors (Lipinski definition) is 1. The summed E-state index contributed by atoms with van der Waals surface area (Å²) in [5, 5.41) is 4.73. The average molecular weight is 271 g/mol. The molecule has 1 N–H and O–H groups in total. The molecule has 0 radical (unpaired) electrons. The van der Waals surface area contributed by atoms with Gasteiger partial charge in [0.05, 0.1) is 6.04 Å². The van der Waals surface area contributed by atoms with Crippen molar-refractivity contribution < 1.29 is 4.42 Å². The highest BCUT2D eigenvalue weighted by atomic mass is 16.3. The highest BCUT2D eigenvalue weighted by molar-refractivity contribution is 5.77. The Bertz CT molecular complexity index is 526. The number of rotatable bonds is 4. The monoisotopic (exact) mass is 271 g/mol. The van der Waals surface area contributed by atoms with Crippen molar-refractivity contribution in [2.45, 2.75) is 45.1 Å². The predicted octanol–water partition coefficient (Wildman–Crippen LogP) is 4.91. The highest BCUT2D eigenvalue weighted by Crippen LogP contribution is 2.41. The van der Waals surface area contributed by atoms with Crippen molar-refractivity contribution >= 4 is 11.0 Å². The van der Waals surface area contributed by atoms with Crippen molar-refractivity contribution in [1.29, 1.82) is 0 Å². The van der Waals surface area contributed by atoms with Gasteiger partial charge < -0.3 is 9.73 Å². The van der Waals surface area contributed by atoms with Crippen molar-refractivity contribution in [3.05, 3.63) is 36.1 Å². The fourth-order valence-corrected chi connectivity index (χ4v) is 3.91. The van der Waals surface area contributed by atoms with Gasteiger partial charge >= 0.3 is 0 Å². The second kappa shape index (κ2) is 6.01. The van der Waals surface area contributed by atoms with Crippen molar-refractivity contribution in [2.24, 2.45) is 11.8 Å². The molecule has 1 saturated carbocycles. The van der Waals surface area contributed by atoms with Crippen LogP contribution in [0, 0.1) is 11.8 Å². The summed E-state index contributed by atoms with van der Waals surface area (Å²) in [5.74, 6) is 2.65. The lowest BCUT2D eigenvalue weighted by atomic mass is 9.73. The Kier molecular flexibility index (Phi) is 4.11. The zero-order valence-corrected chi connectivity index (χ0v) is 12.6. The fourth-order valence-electron chi connectivity index (χ4n) is 3.91. The molecule has 1 aliphatic rings. The lowest BCUT2D eigenvalue weighted by Gasteiger charge is -2.35. The summed E-state index contributed by atoms with van der Waals surface area (Å²) in [6, 6.07) is 10.9. The van der Waals surface area contributed by atoms with E-state index in [-0.39, 0.29) is 0 Å². The van der Waals surface area contributed by atoms with Crippen molar-refractivity contribution in [3.8, 4) is 0 Å². The SMILES string of the molecule is CCC1CCCCC1C(NC)c1cc2ccccc2o1. The van der Waals surface area contributed by atoms with Crippen molar-refractivity contribution in [1.82, 2.24) is 5.32 Å². The van der Waals surface area contributed by atoms with Crippen LogP contribution < -0.4 is 5.32 Å². The summed E-state index contributed by atoms with van der Waals surface area (Å²) in [6.45, 7) is 2.33. The van der Waals surface area contributed by atoms with E-state index in [0.717, 1.165) is 17.3 Å². The molecule has 1 fully saturated rings. The van der Waals surface area contributed by atoms with Crippen LogP contribution in [0.4, 0.5) is 0 Å². The number of para-hydroxylation sites is 1. The average Bonchev–Trinajstić information content (AvgIpc) is 2.92. The maximum absolute atomic E-state index is 6.10. The third-order valence-corrected chi connectivity index (χ3v) is 4.98. The van der Waals surface area contributed by atoms with Crippen LogP contribution in [0.5, 0.6) is 0 Å². The maximum atomic E-state index is 6.10. The van der Waals surface area contributed by atoms with Crippen LogP contribution in [0.1, 0.15) is 50.8 Å². The Morgan fingerprint density at radius 1 is 1.25 bits per heavy atom. The Balaban J connectivity index is 1.91. The quantitative estimate of drug-likeness (QED) is 0.854. The number of hydrogen-bond acceptors (Lipinski definition) is 2. The largest absolute Gasteiger partial charge is 0.459 e. The van der Waals surface area contributed by atoms with E-state index in [9.17, 15) is 0 Å². The van der Waals surface area contributed by atoms with Crippen molar-refractivity contribution in [2.75, 3.05) is 7.05 Å². The summed E-state index contributed by atoms with van der Waals surface area (Å²) < 4.78 is 6.10. The van der Waals surface area contributed by atoms with Crippen LogP contribution in [0.3, 0.4) is 0 Å². The van der Waals surface area contributed by atoms with Gasteiger partial charge in [-0.1, -0.05) is 50.8 Å². The Labute approximate surface area is 121 Å². The van der Waals surface area contributed by atoms with Gasteiger partial charge in [-0.3, -0.25) is 0 Å². The molecule has 2 nitrogen and oxygen atoms in total. The smallest absolute Gasteiger partial charge is 0.134 e. The molecule has 20 heavy (non-hydrogen) atoms. The molecule has 108 valence electrons. The van der Waals surface area contributed by atoms with Crippen LogP contribution in [-0.2, 0) is 0 Å². The predicted molar refractivity (Wildman–Crippen MR) is 83.8 cm³/mol. The van der Waals surface area contributed by atoms with Gasteiger partial charge in [0.15, 0.2) is 0 Å². The van der Waals surface area contributed by atoms with Crippen LogP contribution in [0.15, 0.2) is 34.7 Å². The van der Waals surface area contributed by atoms with E-state index in [4.69, 9.17) is 4.42 Å². The number of fused-ring (bicyclic) bond motifs is 1. The normalized spacial score (nSPS) is 24.9. The summed E-state index contributed by atoms with van der Waals surface area (Å²) in [6.07, 6.45) is 6.73. The van der Waals surface area contributed by atoms with Gasteiger partial charge in [0.25, 0.3) is 0 Å². The first-order valence-corrected chi connectivity index (χ1v) is 7.99. The van der Waals surface area contributed by atoms with Crippen LogP contribution in [0.2, 0.25) is 0 Å². The lowest BCUT2D eigenvalue weighted by Crippen LogP contribution is -2.32. The number of furan rings is 1. The lowest BCUT2D eigenvalue weighted by molar-refractivity contribution is 0.168. The molecule has 0 saturated heterocycles. The van der Waals surface area contributed by atoms with Gasteiger partial charge in [-0.05, 0) is 37.4 Å². The first-order chi connectivity index (χ1) is 9.83. The van der Waals surface area contributed by atoms with Gasteiger partial charge in [0, 0.05) is 5.39 Å². The number of benzene rings is 1. The van der Waals surface area contributed by atoms with E-state index in [1.807, 2.05) is 6.07 Å². The van der Waals surface area contributed by atoms with Gasteiger partial charge in [0.1, 0.15) is 11.3 Å². The molecule has 0 aliphatic heterocycles. The molecule has 1 aliphatic carbocycles. The van der Waals surface area contributed by atoms with Crippen LogP contribution in [-0.4, -0.2) is 7.05 Å². The molecule has 0 bridgehead atoms. The zero-order valence-electron chi connectivity index (χ0n) is 12.6. The molecule has 3 rings (SSSR count). The molecule has 3 atom stereocenters. The van der Waals surface area contributed by atoms with E-state index in [0.29, 0.717) is 12.0 Å². The summed E-state index contributed by atoms with van der Waals surface area (Å²) >= 11 is 0. The van der Waals surface area contributed by atoms with Crippen LogP contribution >= 0.6 is 0 Å². The standard InChI is InChI=1S/C18H25NO/c1-3-13-8-4-6-10-15(13)18(19-2)17-12-14-9-5-7-11-16(14)20-17/h5,7,9,11-13,15,18-19H,3-4,6,8,10H2,1-2H3. The Hall–Kier alpha value is -1.28. The molecule has 2 heteroatoms. The Morgan fingerprint density at radius 2 is 2.05 bits per heavy atom. The van der Waals surface area contributed by atoms with E-state index in [2.05, 4.69) is 43.6 Å². The minimum Gasteiger partial charge on any atom is -0.459 e. The third kappa shape index (κ3) is 2.49. The van der Waals surface area contributed by atoms with Gasteiger partial charge in [0.2, 0.25) is 0 Å². The summed E-state index contributed by atoms with van der Waals surface area (Å²) in [7, 11) is 2.07. The van der Waals surface area contributed by atoms with E-state index in [1.54, 1.807) is 0 Å². The molecule has 2 aromatic rings. The van der Waals surface area contributed by atoms with Gasteiger partial charge in [-0.15, -0.1) is 0 Å². The summed E-state index contributed by atoms with van der Waals surface area (Å²) in [4.78, 5) is 0. The third-order valence-electron chi connectivity index (χ3n) is 4.98. The van der Waals surface area contributed by atoms with Crippen LogP contribution in [0.25, 0.3) is 11.0 Å². The van der Waals surface area contributed by atoms with E-state index >= 15 is 0 Å². The molecule has 0 amide bonds. The van der Waals surface area contributed by atoms with Crippen molar-refractivity contribution in [3.63, 3.8) is 0 Å². The van der Waals surface area contributed by atoms with Gasteiger partial charge in [-0.25, -0.2) is 0 Å². The molecule has 3 unspecified atom stereocenters. The minimum atomic E-state index is 0.354. The molecule has 0 spiro atoms. The molecule has 1 aromatic heterocycles. The molecule has 1 heterocycles.